The van der Waals surface area contributed by atoms with Crippen LogP contribution in [-0.4, -0.2) is 47.7 Å². The summed E-state index contributed by atoms with van der Waals surface area (Å²) in [7, 11) is 0. The third kappa shape index (κ3) is 2.18. The lowest BCUT2D eigenvalue weighted by atomic mass is 10.0. The number of nitrogens with zero attached hydrogens (tertiary/aromatic N) is 2. The SMILES string of the molecule is Cc1cccc(C(=O)O)c1N1CC2CCCN2CC1C. The molecule has 2 heterocycles. The second-order valence-electron chi connectivity index (χ2n) is 6.07. The molecule has 0 aliphatic carbocycles. The Morgan fingerprint density at radius 2 is 2.15 bits per heavy atom. The molecule has 0 aromatic heterocycles. The van der Waals surface area contributed by atoms with E-state index in [2.05, 4.69) is 16.7 Å². The molecular weight excluding hydrogens is 252 g/mol. The van der Waals surface area contributed by atoms with E-state index < -0.39 is 5.97 Å². The van der Waals surface area contributed by atoms with E-state index in [1.165, 1.54) is 19.4 Å². The number of benzene rings is 1. The van der Waals surface area contributed by atoms with Crippen LogP contribution in [0.2, 0.25) is 0 Å². The maximum atomic E-state index is 11.5. The van der Waals surface area contributed by atoms with Gasteiger partial charge in [0.2, 0.25) is 0 Å². The lowest BCUT2D eigenvalue weighted by Crippen LogP contribution is -2.55. The number of hydrogen-bond acceptors (Lipinski definition) is 3. The molecule has 0 radical (unpaired) electrons. The molecule has 2 saturated heterocycles. The van der Waals surface area contributed by atoms with Crippen molar-refractivity contribution in [3.8, 4) is 0 Å². The first-order valence-corrected chi connectivity index (χ1v) is 7.41. The van der Waals surface area contributed by atoms with Crippen LogP contribution in [0.3, 0.4) is 0 Å². The normalized spacial score (nSPS) is 26.6. The highest BCUT2D eigenvalue weighted by molar-refractivity contribution is 5.95. The summed E-state index contributed by atoms with van der Waals surface area (Å²) >= 11 is 0. The van der Waals surface area contributed by atoms with Crippen LogP contribution in [0.1, 0.15) is 35.7 Å². The number of anilines is 1. The summed E-state index contributed by atoms with van der Waals surface area (Å²) in [5.41, 5.74) is 2.41. The Hall–Kier alpha value is -1.55. The van der Waals surface area contributed by atoms with Crippen molar-refractivity contribution < 1.29 is 9.90 Å². The summed E-state index contributed by atoms with van der Waals surface area (Å²) in [4.78, 5) is 16.4. The summed E-state index contributed by atoms with van der Waals surface area (Å²) in [5.74, 6) is -0.829. The van der Waals surface area contributed by atoms with Crippen molar-refractivity contribution in [2.75, 3.05) is 24.5 Å². The monoisotopic (exact) mass is 274 g/mol. The van der Waals surface area contributed by atoms with Gasteiger partial charge in [0.25, 0.3) is 0 Å². The molecule has 2 aliphatic rings. The average molecular weight is 274 g/mol. The fourth-order valence-electron chi connectivity index (χ4n) is 3.71. The van der Waals surface area contributed by atoms with Crippen molar-refractivity contribution in [2.45, 2.75) is 38.8 Å². The van der Waals surface area contributed by atoms with E-state index in [-0.39, 0.29) is 0 Å². The molecule has 1 aromatic carbocycles. The molecule has 0 bridgehead atoms. The van der Waals surface area contributed by atoms with Gasteiger partial charge >= 0.3 is 5.97 Å². The van der Waals surface area contributed by atoms with Crippen LogP contribution < -0.4 is 4.90 Å². The van der Waals surface area contributed by atoms with E-state index in [9.17, 15) is 9.90 Å². The molecule has 2 atom stereocenters. The molecule has 1 aromatic rings. The van der Waals surface area contributed by atoms with E-state index in [0.29, 0.717) is 17.6 Å². The smallest absolute Gasteiger partial charge is 0.337 e. The molecule has 2 unspecified atom stereocenters. The number of carbonyl (C=O) groups is 1. The molecular formula is C16H22N2O2. The summed E-state index contributed by atoms with van der Waals surface area (Å²) < 4.78 is 0. The van der Waals surface area contributed by atoms with Gasteiger partial charge in [-0.25, -0.2) is 4.79 Å². The first kappa shape index (κ1) is 13.4. The maximum Gasteiger partial charge on any atom is 0.337 e. The predicted molar refractivity (Wildman–Crippen MR) is 79.5 cm³/mol. The number of hydrogen-bond donors (Lipinski definition) is 1. The standard InChI is InChI=1S/C16H22N2O2/c1-11-5-3-7-14(16(19)20)15(11)18-10-13-6-4-8-17(13)9-12(18)2/h3,5,7,12-13H,4,6,8-10H2,1-2H3,(H,19,20). The molecule has 1 N–H and O–H groups in total. The minimum Gasteiger partial charge on any atom is -0.478 e. The van der Waals surface area contributed by atoms with Gasteiger partial charge in [0, 0.05) is 25.2 Å². The Morgan fingerprint density at radius 1 is 1.35 bits per heavy atom. The van der Waals surface area contributed by atoms with E-state index >= 15 is 0 Å². The topological polar surface area (TPSA) is 43.8 Å². The Kier molecular flexibility index (Phi) is 3.42. The van der Waals surface area contributed by atoms with Gasteiger partial charge in [-0.2, -0.15) is 0 Å². The van der Waals surface area contributed by atoms with Crippen molar-refractivity contribution in [3.05, 3.63) is 29.3 Å². The summed E-state index contributed by atoms with van der Waals surface area (Å²) in [5, 5.41) is 9.46. The number of fused-ring (bicyclic) bond motifs is 1. The molecule has 2 aliphatic heterocycles. The van der Waals surface area contributed by atoms with E-state index in [1.54, 1.807) is 6.07 Å². The third-order valence-electron chi connectivity index (χ3n) is 4.69. The minimum absolute atomic E-state index is 0.364. The fourth-order valence-corrected chi connectivity index (χ4v) is 3.71. The van der Waals surface area contributed by atoms with Gasteiger partial charge in [-0.05, 0) is 44.9 Å². The number of carboxylic acid groups (broad SMARTS) is 1. The lowest BCUT2D eigenvalue weighted by molar-refractivity contribution is 0.0697. The summed E-state index contributed by atoms with van der Waals surface area (Å²) in [6, 6.07) is 6.52. The quantitative estimate of drug-likeness (QED) is 0.899. The van der Waals surface area contributed by atoms with Gasteiger partial charge in [0.1, 0.15) is 0 Å². The largest absolute Gasteiger partial charge is 0.478 e. The van der Waals surface area contributed by atoms with Crippen LogP contribution in [0.5, 0.6) is 0 Å². The Balaban J connectivity index is 1.97. The maximum absolute atomic E-state index is 11.5. The minimum atomic E-state index is -0.829. The Morgan fingerprint density at radius 3 is 2.90 bits per heavy atom. The zero-order chi connectivity index (χ0) is 14.3. The summed E-state index contributed by atoms with van der Waals surface area (Å²) in [6.45, 7) is 7.40. The zero-order valence-corrected chi connectivity index (χ0v) is 12.2. The molecule has 3 rings (SSSR count). The lowest BCUT2D eigenvalue weighted by Gasteiger charge is -2.44. The molecule has 2 fully saturated rings. The molecule has 0 saturated carbocycles. The number of rotatable bonds is 2. The van der Waals surface area contributed by atoms with E-state index in [4.69, 9.17) is 0 Å². The highest BCUT2D eigenvalue weighted by Crippen LogP contribution is 2.32. The number of piperazine rings is 1. The van der Waals surface area contributed by atoms with Gasteiger partial charge in [-0.15, -0.1) is 0 Å². The van der Waals surface area contributed by atoms with E-state index in [1.807, 2.05) is 19.1 Å². The first-order valence-electron chi connectivity index (χ1n) is 7.41. The second-order valence-corrected chi connectivity index (χ2v) is 6.07. The number of carboxylic acids is 1. The van der Waals surface area contributed by atoms with Crippen LogP contribution in [0.4, 0.5) is 5.69 Å². The van der Waals surface area contributed by atoms with Crippen molar-refractivity contribution in [3.63, 3.8) is 0 Å². The van der Waals surface area contributed by atoms with Crippen molar-refractivity contribution >= 4 is 11.7 Å². The van der Waals surface area contributed by atoms with Gasteiger partial charge in [0.05, 0.1) is 11.3 Å². The van der Waals surface area contributed by atoms with Crippen LogP contribution in [0, 0.1) is 6.92 Å². The highest BCUT2D eigenvalue weighted by Gasteiger charge is 2.36. The molecule has 20 heavy (non-hydrogen) atoms. The molecule has 0 spiro atoms. The van der Waals surface area contributed by atoms with Gasteiger partial charge in [-0.1, -0.05) is 12.1 Å². The fraction of sp³-hybridized carbons (Fsp3) is 0.562. The summed E-state index contributed by atoms with van der Waals surface area (Å²) in [6.07, 6.45) is 2.50. The van der Waals surface area contributed by atoms with Crippen LogP contribution >= 0.6 is 0 Å². The highest BCUT2D eigenvalue weighted by atomic mass is 16.4. The molecule has 4 nitrogen and oxygen atoms in total. The van der Waals surface area contributed by atoms with E-state index in [0.717, 1.165) is 24.3 Å². The predicted octanol–water partition coefficient (Wildman–Crippen LogP) is 2.37. The second kappa shape index (κ2) is 5.09. The third-order valence-corrected chi connectivity index (χ3v) is 4.69. The molecule has 108 valence electrons. The van der Waals surface area contributed by atoms with Crippen LogP contribution in [0.15, 0.2) is 18.2 Å². The Labute approximate surface area is 120 Å². The zero-order valence-electron chi connectivity index (χ0n) is 12.2. The number of aryl methyl sites for hydroxylation is 1. The Bertz CT molecular complexity index is 529. The molecule has 0 amide bonds. The number of aromatic carboxylic acids is 1. The van der Waals surface area contributed by atoms with Crippen LogP contribution in [0.25, 0.3) is 0 Å². The van der Waals surface area contributed by atoms with Gasteiger partial charge in [-0.3, -0.25) is 4.90 Å². The number of para-hydroxylation sites is 1. The van der Waals surface area contributed by atoms with Crippen molar-refractivity contribution in [1.29, 1.82) is 0 Å². The molecule has 4 heteroatoms. The average Bonchev–Trinajstić information content (AvgIpc) is 2.84. The van der Waals surface area contributed by atoms with Crippen molar-refractivity contribution in [1.82, 2.24) is 4.90 Å². The van der Waals surface area contributed by atoms with Crippen LogP contribution in [-0.2, 0) is 0 Å². The first-order chi connectivity index (χ1) is 9.58. The van der Waals surface area contributed by atoms with Crippen molar-refractivity contribution in [2.24, 2.45) is 0 Å². The van der Waals surface area contributed by atoms with Gasteiger partial charge in [0.15, 0.2) is 0 Å². The van der Waals surface area contributed by atoms with Gasteiger partial charge < -0.3 is 10.0 Å².